The predicted octanol–water partition coefficient (Wildman–Crippen LogP) is 3.91. The van der Waals surface area contributed by atoms with Gasteiger partial charge in [0.25, 0.3) is 0 Å². The van der Waals surface area contributed by atoms with Gasteiger partial charge in [0.2, 0.25) is 11.7 Å². The molecule has 5 rings (SSSR count). The highest BCUT2D eigenvalue weighted by molar-refractivity contribution is 6.31. The SMILES string of the molecule is Clc1ccc2[nH]c(-c3noc([C@@H]4C[C@H]5CC[C@@H]4O5)n3)cc2c1. The first-order valence-electron chi connectivity index (χ1n) is 7.54. The molecule has 112 valence electrons. The van der Waals surface area contributed by atoms with Crippen LogP contribution in [-0.4, -0.2) is 27.3 Å². The van der Waals surface area contributed by atoms with Crippen molar-refractivity contribution >= 4 is 22.5 Å². The first-order valence-corrected chi connectivity index (χ1v) is 7.92. The van der Waals surface area contributed by atoms with Gasteiger partial charge in [-0.1, -0.05) is 16.8 Å². The highest BCUT2D eigenvalue weighted by Gasteiger charge is 2.44. The van der Waals surface area contributed by atoms with Gasteiger partial charge in [0.05, 0.1) is 23.8 Å². The van der Waals surface area contributed by atoms with Crippen LogP contribution in [0.3, 0.4) is 0 Å². The molecule has 1 aromatic carbocycles. The summed E-state index contributed by atoms with van der Waals surface area (Å²) in [6.07, 6.45) is 3.87. The van der Waals surface area contributed by atoms with Crippen LogP contribution in [0.1, 0.15) is 31.1 Å². The van der Waals surface area contributed by atoms with Crippen LogP contribution in [0.25, 0.3) is 22.4 Å². The van der Waals surface area contributed by atoms with E-state index in [2.05, 4.69) is 15.1 Å². The summed E-state index contributed by atoms with van der Waals surface area (Å²) in [5, 5.41) is 5.88. The Kier molecular flexibility index (Phi) is 2.63. The van der Waals surface area contributed by atoms with Crippen molar-refractivity contribution in [3.05, 3.63) is 35.2 Å². The monoisotopic (exact) mass is 315 g/mol. The fourth-order valence-corrected chi connectivity index (χ4v) is 3.80. The maximum Gasteiger partial charge on any atom is 0.232 e. The number of hydrogen-bond donors (Lipinski definition) is 1. The van der Waals surface area contributed by atoms with Gasteiger partial charge in [-0.15, -0.1) is 0 Å². The average molecular weight is 316 g/mol. The number of H-pyrrole nitrogens is 1. The second-order valence-corrected chi connectivity index (χ2v) is 6.52. The second-order valence-electron chi connectivity index (χ2n) is 6.09. The highest BCUT2D eigenvalue weighted by Crippen LogP contribution is 2.44. The minimum absolute atomic E-state index is 0.249. The van der Waals surface area contributed by atoms with E-state index in [4.69, 9.17) is 20.9 Å². The minimum atomic E-state index is 0.249. The van der Waals surface area contributed by atoms with Gasteiger partial charge >= 0.3 is 0 Å². The van der Waals surface area contributed by atoms with Crippen LogP contribution in [0.4, 0.5) is 0 Å². The lowest BCUT2D eigenvalue weighted by molar-refractivity contribution is 0.0974. The third kappa shape index (κ3) is 1.89. The summed E-state index contributed by atoms with van der Waals surface area (Å²) in [6.45, 7) is 0. The predicted molar refractivity (Wildman–Crippen MR) is 81.9 cm³/mol. The van der Waals surface area contributed by atoms with E-state index in [1.165, 1.54) is 0 Å². The number of halogens is 1. The summed E-state index contributed by atoms with van der Waals surface area (Å²) in [5.41, 5.74) is 1.85. The van der Waals surface area contributed by atoms with Crippen molar-refractivity contribution in [1.82, 2.24) is 15.1 Å². The second kappa shape index (κ2) is 4.57. The lowest BCUT2D eigenvalue weighted by Gasteiger charge is -2.13. The van der Waals surface area contributed by atoms with Gasteiger partial charge in [-0.2, -0.15) is 4.98 Å². The van der Waals surface area contributed by atoms with Crippen LogP contribution in [0.5, 0.6) is 0 Å². The smallest absolute Gasteiger partial charge is 0.232 e. The summed E-state index contributed by atoms with van der Waals surface area (Å²) in [7, 11) is 0. The molecule has 0 unspecified atom stereocenters. The van der Waals surface area contributed by atoms with E-state index in [0.717, 1.165) is 35.9 Å². The van der Waals surface area contributed by atoms with Crippen LogP contribution in [-0.2, 0) is 4.74 Å². The Hall–Kier alpha value is -1.85. The van der Waals surface area contributed by atoms with E-state index in [9.17, 15) is 0 Å². The molecule has 6 heteroatoms. The molecule has 2 fully saturated rings. The van der Waals surface area contributed by atoms with Crippen molar-refractivity contribution in [3.63, 3.8) is 0 Å². The Morgan fingerprint density at radius 1 is 1.23 bits per heavy atom. The summed E-state index contributed by atoms with van der Waals surface area (Å²) in [4.78, 5) is 7.88. The first-order chi connectivity index (χ1) is 10.8. The molecule has 22 heavy (non-hydrogen) atoms. The zero-order chi connectivity index (χ0) is 14.7. The number of aromatic amines is 1. The fraction of sp³-hybridized carbons (Fsp3) is 0.375. The molecule has 2 aliphatic rings. The molecule has 0 saturated carbocycles. The van der Waals surface area contributed by atoms with Crippen LogP contribution in [0.15, 0.2) is 28.8 Å². The Balaban J connectivity index is 1.50. The molecule has 1 N–H and O–H groups in total. The number of rotatable bonds is 2. The molecule has 0 spiro atoms. The Bertz CT molecular complexity index is 856. The maximum absolute atomic E-state index is 6.02. The van der Waals surface area contributed by atoms with Crippen LogP contribution < -0.4 is 0 Å². The molecule has 3 aromatic rings. The fourth-order valence-electron chi connectivity index (χ4n) is 3.62. The van der Waals surface area contributed by atoms with Crippen molar-refractivity contribution in [2.75, 3.05) is 0 Å². The normalized spacial score (nSPS) is 27.0. The lowest BCUT2D eigenvalue weighted by atomic mass is 9.89. The molecule has 0 radical (unpaired) electrons. The zero-order valence-corrected chi connectivity index (χ0v) is 12.5. The quantitative estimate of drug-likeness (QED) is 0.779. The van der Waals surface area contributed by atoms with E-state index < -0.39 is 0 Å². The van der Waals surface area contributed by atoms with Crippen molar-refractivity contribution in [1.29, 1.82) is 0 Å². The standard InChI is InChI=1S/C16H14ClN3O2/c17-9-1-3-12-8(5-9)6-13(18-12)15-19-16(22-20-15)11-7-10-2-4-14(11)21-10/h1,3,5-6,10-11,14,18H,2,4,7H2/t10-,11-,14+/m1/s1. The van der Waals surface area contributed by atoms with E-state index in [-0.39, 0.29) is 12.0 Å². The minimum Gasteiger partial charge on any atom is -0.374 e. The number of ether oxygens (including phenoxy) is 1. The van der Waals surface area contributed by atoms with Crippen LogP contribution in [0, 0.1) is 0 Å². The summed E-state index contributed by atoms with van der Waals surface area (Å²) < 4.78 is 11.4. The molecule has 2 aliphatic heterocycles. The van der Waals surface area contributed by atoms with Crippen molar-refractivity contribution < 1.29 is 9.26 Å². The van der Waals surface area contributed by atoms with E-state index >= 15 is 0 Å². The largest absolute Gasteiger partial charge is 0.374 e. The van der Waals surface area contributed by atoms with Gasteiger partial charge in [0, 0.05) is 15.9 Å². The molecule has 4 heterocycles. The van der Waals surface area contributed by atoms with Crippen LogP contribution >= 0.6 is 11.6 Å². The van der Waals surface area contributed by atoms with Crippen molar-refractivity contribution in [2.45, 2.75) is 37.4 Å². The lowest BCUT2D eigenvalue weighted by Crippen LogP contribution is -2.14. The van der Waals surface area contributed by atoms with Crippen molar-refractivity contribution in [3.8, 4) is 11.5 Å². The number of aromatic nitrogens is 3. The molecule has 3 atom stereocenters. The Morgan fingerprint density at radius 2 is 2.18 bits per heavy atom. The molecule has 2 bridgehead atoms. The highest BCUT2D eigenvalue weighted by atomic mass is 35.5. The summed E-state index contributed by atoms with van der Waals surface area (Å²) >= 11 is 6.02. The number of fused-ring (bicyclic) bond motifs is 3. The molecular weight excluding hydrogens is 302 g/mol. The molecule has 0 amide bonds. The van der Waals surface area contributed by atoms with E-state index in [0.29, 0.717) is 22.8 Å². The maximum atomic E-state index is 6.02. The third-order valence-electron chi connectivity index (χ3n) is 4.69. The molecule has 2 aromatic heterocycles. The van der Waals surface area contributed by atoms with Gasteiger partial charge in [-0.05, 0) is 43.5 Å². The number of nitrogens with zero attached hydrogens (tertiary/aromatic N) is 2. The molecular formula is C16H14ClN3O2. The average Bonchev–Trinajstić information content (AvgIpc) is 3.28. The van der Waals surface area contributed by atoms with Gasteiger partial charge in [-0.3, -0.25) is 0 Å². The molecule has 2 saturated heterocycles. The number of benzene rings is 1. The topological polar surface area (TPSA) is 63.9 Å². The van der Waals surface area contributed by atoms with Gasteiger partial charge in [0.15, 0.2) is 0 Å². The van der Waals surface area contributed by atoms with Gasteiger partial charge in [0.1, 0.15) is 0 Å². The van der Waals surface area contributed by atoms with Crippen LogP contribution in [0.2, 0.25) is 5.02 Å². The first kappa shape index (κ1) is 12.7. The Labute approximate surface area is 131 Å². The zero-order valence-electron chi connectivity index (χ0n) is 11.8. The number of nitrogens with one attached hydrogen (secondary N) is 1. The Morgan fingerprint density at radius 3 is 3.00 bits per heavy atom. The van der Waals surface area contributed by atoms with Crippen molar-refractivity contribution in [2.24, 2.45) is 0 Å². The van der Waals surface area contributed by atoms with Gasteiger partial charge in [-0.25, -0.2) is 0 Å². The summed E-state index contributed by atoms with van der Waals surface area (Å²) in [6, 6.07) is 7.72. The summed E-state index contributed by atoms with van der Waals surface area (Å²) in [5.74, 6) is 1.53. The van der Waals surface area contributed by atoms with E-state index in [1.807, 2.05) is 24.3 Å². The van der Waals surface area contributed by atoms with Gasteiger partial charge < -0.3 is 14.2 Å². The third-order valence-corrected chi connectivity index (χ3v) is 4.92. The molecule has 0 aliphatic carbocycles. The molecule has 5 nitrogen and oxygen atoms in total. The van der Waals surface area contributed by atoms with E-state index in [1.54, 1.807) is 0 Å². The number of hydrogen-bond acceptors (Lipinski definition) is 4.